The first-order valence-corrected chi connectivity index (χ1v) is 9.34. The van der Waals surface area contributed by atoms with Crippen molar-refractivity contribution in [3.63, 3.8) is 0 Å². The minimum Gasteiger partial charge on any atom is -0.497 e. The topological polar surface area (TPSA) is 64.4 Å². The van der Waals surface area contributed by atoms with Gasteiger partial charge in [0.25, 0.3) is 0 Å². The highest BCUT2D eigenvalue weighted by Crippen LogP contribution is 2.29. The van der Waals surface area contributed by atoms with Gasteiger partial charge in [0.2, 0.25) is 0 Å². The molecule has 0 radical (unpaired) electrons. The zero-order chi connectivity index (χ0) is 17.9. The summed E-state index contributed by atoms with van der Waals surface area (Å²) in [5.74, 6) is 4.47. The van der Waals surface area contributed by atoms with Gasteiger partial charge in [-0.05, 0) is 43.6 Å². The van der Waals surface area contributed by atoms with Crippen molar-refractivity contribution in [3.8, 4) is 11.5 Å². The normalized spacial score (nSPS) is 18.5. The molecule has 4 rings (SSSR count). The van der Waals surface area contributed by atoms with Crippen molar-refractivity contribution >= 4 is 0 Å². The summed E-state index contributed by atoms with van der Waals surface area (Å²) in [6.07, 6.45) is 2.26. The molecular formula is C19H27N5O2. The van der Waals surface area contributed by atoms with Crippen LogP contribution in [0.4, 0.5) is 0 Å². The number of nitrogens with zero attached hydrogens (tertiary/aromatic N) is 4. The number of likely N-dealkylation sites (tertiary alicyclic amines) is 1. The maximum absolute atomic E-state index is 5.38. The number of aromatic nitrogens is 3. The number of ether oxygens (including phenoxy) is 2. The van der Waals surface area contributed by atoms with E-state index in [0.29, 0.717) is 5.92 Å². The minimum absolute atomic E-state index is 0.519. The molecule has 2 aliphatic rings. The molecule has 2 aromatic rings. The number of hydrogen-bond acceptors (Lipinski definition) is 6. The lowest BCUT2D eigenvalue weighted by Crippen LogP contribution is -2.34. The van der Waals surface area contributed by atoms with Gasteiger partial charge >= 0.3 is 0 Å². The van der Waals surface area contributed by atoms with E-state index >= 15 is 0 Å². The van der Waals surface area contributed by atoms with Crippen LogP contribution >= 0.6 is 0 Å². The Morgan fingerprint density at radius 2 is 1.77 bits per heavy atom. The molecule has 0 saturated carbocycles. The highest BCUT2D eigenvalue weighted by molar-refractivity contribution is 5.38. The van der Waals surface area contributed by atoms with Crippen LogP contribution in [0.15, 0.2) is 18.2 Å². The van der Waals surface area contributed by atoms with Crippen LogP contribution < -0.4 is 14.8 Å². The summed E-state index contributed by atoms with van der Waals surface area (Å²) in [6, 6.07) is 6.10. The van der Waals surface area contributed by atoms with E-state index < -0.39 is 0 Å². The van der Waals surface area contributed by atoms with Crippen molar-refractivity contribution in [2.24, 2.45) is 0 Å². The Bertz CT molecular complexity index is 730. The maximum Gasteiger partial charge on any atom is 0.147 e. The lowest BCUT2D eigenvalue weighted by molar-refractivity contribution is 0.199. The first-order valence-electron chi connectivity index (χ1n) is 9.34. The van der Waals surface area contributed by atoms with E-state index in [1.165, 1.54) is 11.4 Å². The van der Waals surface area contributed by atoms with Gasteiger partial charge in [0.15, 0.2) is 0 Å². The largest absolute Gasteiger partial charge is 0.497 e. The molecule has 140 valence electrons. The third-order valence-electron chi connectivity index (χ3n) is 5.42. The molecule has 0 amide bonds. The molecule has 1 aromatic heterocycles. The van der Waals surface area contributed by atoms with Gasteiger partial charge in [0.05, 0.1) is 20.8 Å². The Balaban J connectivity index is 1.39. The van der Waals surface area contributed by atoms with Gasteiger partial charge in [-0.2, -0.15) is 0 Å². The molecule has 0 spiro atoms. The Kier molecular flexibility index (Phi) is 5.08. The Morgan fingerprint density at radius 1 is 1.04 bits per heavy atom. The number of nitrogens with one attached hydrogen (secondary N) is 1. The van der Waals surface area contributed by atoms with Crippen molar-refractivity contribution in [3.05, 3.63) is 35.4 Å². The van der Waals surface area contributed by atoms with Gasteiger partial charge in [-0.25, -0.2) is 0 Å². The fourth-order valence-corrected chi connectivity index (χ4v) is 3.98. The van der Waals surface area contributed by atoms with Crippen LogP contribution in [0.1, 0.15) is 36.0 Å². The predicted octanol–water partition coefficient (Wildman–Crippen LogP) is 1.78. The van der Waals surface area contributed by atoms with Crippen molar-refractivity contribution in [1.82, 2.24) is 25.0 Å². The average molecular weight is 357 g/mol. The fraction of sp³-hybridized carbons (Fsp3) is 0.579. The van der Waals surface area contributed by atoms with E-state index in [2.05, 4.69) is 37.1 Å². The van der Waals surface area contributed by atoms with Gasteiger partial charge in [-0.1, -0.05) is 0 Å². The third kappa shape index (κ3) is 3.54. The van der Waals surface area contributed by atoms with E-state index in [4.69, 9.17) is 9.47 Å². The van der Waals surface area contributed by atoms with Crippen LogP contribution in [0.3, 0.4) is 0 Å². The average Bonchev–Trinajstić information content (AvgIpc) is 3.12. The molecule has 1 N–H and O–H groups in total. The van der Waals surface area contributed by atoms with E-state index in [-0.39, 0.29) is 0 Å². The fourth-order valence-electron chi connectivity index (χ4n) is 3.98. The van der Waals surface area contributed by atoms with Gasteiger partial charge in [-0.15, -0.1) is 10.2 Å². The second kappa shape index (κ2) is 7.63. The molecule has 7 heteroatoms. The summed E-state index contributed by atoms with van der Waals surface area (Å²) in [6.45, 7) is 5.90. The molecule has 3 heterocycles. The standard InChI is InChI=1S/C19H27N5O2/c1-25-16-9-14(10-17(11-16)26-2)13-23-6-3-15(4-7-23)19-22-21-18-12-20-5-8-24(18)19/h9-11,15,20H,3-8,12-13H2,1-2H3. The lowest BCUT2D eigenvalue weighted by atomic mass is 9.95. The summed E-state index contributed by atoms with van der Waals surface area (Å²) >= 11 is 0. The number of hydrogen-bond donors (Lipinski definition) is 1. The van der Waals surface area contributed by atoms with Gasteiger partial charge < -0.3 is 19.4 Å². The number of fused-ring (bicyclic) bond motifs is 1. The highest BCUT2D eigenvalue weighted by atomic mass is 16.5. The van der Waals surface area contributed by atoms with E-state index in [0.717, 1.165) is 69.4 Å². The summed E-state index contributed by atoms with van der Waals surface area (Å²) in [4.78, 5) is 2.50. The highest BCUT2D eigenvalue weighted by Gasteiger charge is 2.27. The zero-order valence-corrected chi connectivity index (χ0v) is 15.6. The van der Waals surface area contributed by atoms with Crippen LogP contribution in [0.2, 0.25) is 0 Å². The summed E-state index contributed by atoms with van der Waals surface area (Å²) < 4.78 is 13.1. The smallest absolute Gasteiger partial charge is 0.147 e. The second-order valence-corrected chi connectivity index (χ2v) is 7.07. The summed E-state index contributed by atoms with van der Waals surface area (Å²) in [5, 5.41) is 12.2. The molecule has 1 fully saturated rings. The number of rotatable bonds is 5. The Hall–Kier alpha value is -2.12. The monoisotopic (exact) mass is 357 g/mol. The maximum atomic E-state index is 5.38. The summed E-state index contributed by atoms with van der Waals surface area (Å²) in [5.41, 5.74) is 1.23. The van der Waals surface area contributed by atoms with Crippen molar-refractivity contribution in [1.29, 1.82) is 0 Å². The molecule has 7 nitrogen and oxygen atoms in total. The molecular weight excluding hydrogens is 330 g/mol. The molecule has 0 atom stereocenters. The molecule has 0 unspecified atom stereocenters. The number of methoxy groups -OCH3 is 2. The zero-order valence-electron chi connectivity index (χ0n) is 15.6. The summed E-state index contributed by atoms with van der Waals surface area (Å²) in [7, 11) is 3.39. The number of piperidine rings is 1. The van der Waals surface area contributed by atoms with Crippen molar-refractivity contribution in [2.45, 2.75) is 38.4 Å². The Morgan fingerprint density at radius 3 is 2.46 bits per heavy atom. The van der Waals surface area contributed by atoms with Crippen molar-refractivity contribution < 1.29 is 9.47 Å². The molecule has 1 saturated heterocycles. The van der Waals surface area contributed by atoms with Gasteiger partial charge in [0, 0.05) is 31.6 Å². The molecule has 0 aliphatic carbocycles. The molecule has 2 aliphatic heterocycles. The molecule has 26 heavy (non-hydrogen) atoms. The molecule has 0 bridgehead atoms. The first-order chi connectivity index (χ1) is 12.8. The predicted molar refractivity (Wildman–Crippen MR) is 98.5 cm³/mol. The van der Waals surface area contributed by atoms with Crippen LogP contribution in [0.5, 0.6) is 11.5 Å². The van der Waals surface area contributed by atoms with Gasteiger partial charge in [-0.3, -0.25) is 4.90 Å². The van der Waals surface area contributed by atoms with Crippen molar-refractivity contribution in [2.75, 3.05) is 33.9 Å². The van der Waals surface area contributed by atoms with E-state index in [1.807, 2.05) is 6.07 Å². The van der Waals surface area contributed by atoms with E-state index in [9.17, 15) is 0 Å². The quantitative estimate of drug-likeness (QED) is 0.880. The molecule has 1 aromatic carbocycles. The van der Waals surface area contributed by atoms with E-state index in [1.54, 1.807) is 14.2 Å². The van der Waals surface area contributed by atoms with Gasteiger partial charge in [0.1, 0.15) is 23.1 Å². The Labute approximate surface area is 154 Å². The second-order valence-electron chi connectivity index (χ2n) is 7.07. The van der Waals surface area contributed by atoms with Crippen LogP contribution in [0, 0.1) is 0 Å². The SMILES string of the molecule is COc1cc(CN2CCC(c3nnc4n3CCNC4)CC2)cc(OC)c1. The van der Waals surface area contributed by atoms with Crippen LogP contribution in [-0.4, -0.2) is 53.5 Å². The third-order valence-corrected chi connectivity index (χ3v) is 5.42. The first kappa shape index (κ1) is 17.3. The van der Waals surface area contributed by atoms with Crippen LogP contribution in [0.25, 0.3) is 0 Å². The minimum atomic E-state index is 0.519. The van der Waals surface area contributed by atoms with Crippen LogP contribution in [-0.2, 0) is 19.6 Å². The lowest BCUT2D eigenvalue weighted by Gasteiger charge is -2.32. The number of benzene rings is 1.